The van der Waals surface area contributed by atoms with Gasteiger partial charge in [-0.25, -0.2) is 4.98 Å². The zero-order valence-electron chi connectivity index (χ0n) is 9.78. The van der Waals surface area contributed by atoms with Crippen molar-refractivity contribution >= 4 is 34.0 Å². The highest BCUT2D eigenvalue weighted by atomic mass is 15.3. The Balaban J connectivity index is 1.92. The van der Waals surface area contributed by atoms with Gasteiger partial charge in [0.25, 0.3) is 0 Å². The van der Waals surface area contributed by atoms with Crippen molar-refractivity contribution in [1.29, 1.82) is 0 Å². The van der Waals surface area contributed by atoms with Crippen LogP contribution < -0.4 is 11.5 Å². The fraction of sp³-hybridized carbons (Fsp3) is 0. The number of nitrogen functional groups attached to an aromatic ring is 2. The molecule has 1 aromatic carbocycles. The van der Waals surface area contributed by atoms with Crippen LogP contribution in [0.3, 0.4) is 0 Å². The molecule has 0 bridgehead atoms. The van der Waals surface area contributed by atoms with Gasteiger partial charge in [-0.1, -0.05) is 0 Å². The molecule has 2 heterocycles. The van der Waals surface area contributed by atoms with Crippen molar-refractivity contribution in [3.8, 4) is 0 Å². The molecular weight excluding hydrogens is 244 g/mol. The molecule has 0 fully saturated rings. The number of rotatable bonds is 2. The third-order valence-electron chi connectivity index (χ3n) is 2.50. The van der Waals surface area contributed by atoms with E-state index in [1.54, 1.807) is 30.3 Å². The van der Waals surface area contributed by atoms with E-state index in [4.69, 9.17) is 11.5 Å². The van der Waals surface area contributed by atoms with E-state index in [0.29, 0.717) is 17.2 Å². The molecule has 3 rings (SSSR count). The van der Waals surface area contributed by atoms with E-state index in [1.807, 2.05) is 0 Å². The largest absolute Gasteiger partial charge is 0.384 e. The summed E-state index contributed by atoms with van der Waals surface area (Å²) in [6, 6.07) is 8.64. The third kappa shape index (κ3) is 2.18. The lowest BCUT2D eigenvalue weighted by atomic mass is 10.3. The number of hydrogen-bond donors (Lipinski definition) is 3. The Morgan fingerprint density at radius 1 is 0.947 bits per heavy atom. The van der Waals surface area contributed by atoms with Crippen LogP contribution in [0.4, 0.5) is 23.0 Å². The fourth-order valence-electron chi connectivity index (χ4n) is 1.57. The maximum Gasteiger partial charge on any atom is 0.153 e. The average molecular weight is 254 g/mol. The standard InChI is InChI=1S/C11H10N8/c12-10-4-3-8(11(13)14-10)16-15-6-1-2-7-9(5-6)18-19-17-7/h1-5H,(H4,12,13,14)(H,17,18,19). The van der Waals surface area contributed by atoms with Gasteiger partial charge in [-0.2, -0.15) is 20.5 Å². The highest BCUT2D eigenvalue weighted by Gasteiger charge is 2.01. The zero-order chi connectivity index (χ0) is 13.2. The van der Waals surface area contributed by atoms with Gasteiger partial charge < -0.3 is 11.5 Å². The Bertz CT molecular complexity index is 760. The number of anilines is 2. The second-order valence-electron chi connectivity index (χ2n) is 3.84. The summed E-state index contributed by atoms with van der Waals surface area (Å²) in [5.41, 5.74) is 13.8. The minimum Gasteiger partial charge on any atom is -0.384 e. The molecule has 0 amide bonds. The first-order valence-electron chi connectivity index (χ1n) is 5.46. The van der Waals surface area contributed by atoms with E-state index in [9.17, 15) is 0 Å². The summed E-state index contributed by atoms with van der Waals surface area (Å²) in [6.07, 6.45) is 0. The Morgan fingerprint density at radius 2 is 1.79 bits per heavy atom. The Morgan fingerprint density at radius 3 is 2.63 bits per heavy atom. The highest BCUT2D eigenvalue weighted by Crippen LogP contribution is 2.24. The van der Waals surface area contributed by atoms with E-state index in [1.165, 1.54) is 0 Å². The Labute approximate surface area is 107 Å². The molecule has 8 nitrogen and oxygen atoms in total. The lowest BCUT2D eigenvalue weighted by molar-refractivity contribution is 0.959. The molecular formula is C11H10N8. The van der Waals surface area contributed by atoms with Crippen molar-refractivity contribution in [3.63, 3.8) is 0 Å². The quantitative estimate of drug-likeness (QED) is 0.601. The number of nitrogens with one attached hydrogen (secondary N) is 1. The van der Waals surface area contributed by atoms with Gasteiger partial charge >= 0.3 is 0 Å². The van der Waals surface area contributed by atoms with Crippen LogP contribution in [0.2, 0.25) is 0 Å². The minimum absolute atomic E-state index is 0.242. The molecule has 0 saturated heterocycles. The summed E-state index contributed by atoms with van der Waals surface area (Å²) in [6.45, 7) is 0. The molecule has 0 aliphatic rings. The number of aromatic nitrogens is 4. The van der Waals surface area contributed by atoms with Gasteiger partial charge in [0.15, 0.2) is 5.82 Å². The van der Waals surface area contributed by atoms with Gasteiger partial charge in [-0.3, -0.25) is 0 Å². The number of nitrogens with zero attached hydrogens (tertiary/aromatic N) is 5. The summed E-state index contributed by atoms with van der Waals surface area (Å²) in [5.74, 6) is 0.590. The summed E-state index contributed by atoms with van der Waals surface area (Å²) in [5, 5.41) is 18.6. The van der Waals surface area contributed by atoms with Crippen molar-refractivity contribution in [2.75, 3.05) is 11.5 Å². The number of fused-ring (bicyclic) bond motifs is 1. The van der Waals surface area contributed by atoms with Gasteiger partial charge in [0, 0.05) is 0 Å². The average Bonchev–Trinajstić information content (AvgIpc) is 2.85. The van der Waals surface area contributed by atoms with Crippen LogP contribution in [-0.2, 0) is 0 Å². The molecule has 5 N–H and O–H groups in total. The smallest absolute Gasteiger partial charge is 0.153 e. The molecule has 0 spiro atoms. The molecule has 0 radical (unpaired) electrons. The van der Waals surface area contributed by atoms with Crippen LogP contribution in [0.15, 0.2) is 40.6 Å². The number of azo groups is 1. The minimum atomic E-state index is 0.242. The lowest BCUT2D eigenvalue weighted by Gasteiger charge is -1.98. The van der Waals surface area contributed by atoms with Gasteiger partial charge in [-0.05, 0) is 30.3 Å². The maximum atomic E-state index is 5.69. The van der Waals surface area contributed by atoms with Crippen LogP contribution in [0, 0.1) is 0 Å². The Kier molecular flexibility index (Phi) is 2.53. The fourth-order valence-corrected chi connectivity index (χ4v) is 1.57. The molecule has 94 valence electrons. The predicted molar refractivity (Wildman–Crippen MR) is 71.1 cm³/mol. The van der Waals surface area contributed by atoms with E-state index < -0.39 is 0 Å². The van der Waals surface area contributed by atoms with Crippen molar-refractivity contribution < 1.29 is 0 Å². The van der Waals surface area contributed by atoms with E-state index in [-0.39, 0.29) is 5.82 Å². The molecule has 0 unspecified atom stereocenters. The molecule has 8 heteroatoms. The summed E-state index contributed by atoms with van der Waals surface area (Å²) < 4.78 is 0. The maximum absolute atomic E-state index is 5.69. The van der Waals surface area contributed by atoms with E-state index in [0.717, 1.165) is 11.0 Å². The van der Waals surface area contributed by atoms with Crippen LogP contribution in [0.5, 0.6) is 0 Å². The topological polar surface area (TPSA) is 131 Å². The van der Waals surface area contributed by atoms with Crippen molar-refractivity contribution in [2.24, 2.45) is 10.2 Å². The molecule has 19 heavy (non-hydrogen) atoms. The summed E-state index contributed by atoms with van der Waals surface area (Å²) >= 11 is 0. The van der Waals surface area contributed by atoms with Crippen molar-refractivity contribution in [2.45, 2.75) is 0 Å². The van der Waals surface area contributed by atoms with Crippen molar-refractivity contribution in [3.05, 3.63) is 30.3 Å². The zero-order valence-corrected chi connectivity index (χ0v) is 9.78. The van der Waals surface area contributed by atoms with Gasteiger partial charge in [-0.15, -0.1) is 5.11 Å². The lowest BCUT2D eigenvalue weighted by Crippen LogP contribution is -1.95. The van der Waals surface area contributed by atoms with Crippen molar-refractivity contribution in [1.82, 2.24) is 20.4 Å². The summed E-state index contributed by atoms with van der Waals surface area (Å²) in [7, 11) is 0. The number of hydrogen-bond acceptors (Lipinski definition) is 7. The molecule has 0 saturated carbocycles. The second-order valence-corrected chi connectivity index (χ2v) is 3.84. The number of nitrogens with two attached hydrogens (primary N) is 2. The SMILES string of the molecule is Nc1ccc(N=Nc2ccc3n[nH]nc3c2)c(N)n1. The first-order chi connectivity index (χ1) is 9.22. The monoisotopic (exact) mass is 254 g/mol. The van der Waals surface area contributed by atoms with Crippen LogP contribution in [0.25, 0.3) is 11.0 Å². The normalized spacial score (nSPS) is 11.4. The number of benzene rings is 1. The number of aromatic amines is 1. The van der Waals surface area contributed by atoms with Crippen LogP contribution in [0.1, 0.15) is 0 Å². The van der Waals surface area contributed by atoms with Gasteiger partial charge in [0.05, 0.1) is 5.69 Å². The predicted octanol–water partition coefficient (Wildman–Crippen LogP) is 1.93. The highest BCUT2D eigenvalue weighted by molar-refractivity contribution is 5.77. The first-order valence-corrected chi connectivity index (χ1v) is 5.46. The number of H-pyrrole nitrogens is 1. The van der Waals surface area contributed by atoms with Gasteiger partial charge in [0.1, 0.15) is 22.5 Å². The van der Waals surface area contributed by atoms with E-state index in [2.05, 4.69) is 30.6 Å². The third-order valence-corrected chi connectivity index (χ3v) is 2.50. The summed E-state index contributed by atoms with van der Waals surface area (Å²) in [4.78, 5) is 3.90. The molecule has 0 atom stereocenters. The molecule has 0 aliphatic heterocycles. The van der Waals surface area contributed by atoms with E-state index >= 15 is 0 Å². The Hall–Kier alpha value is -3.03. The first kappa shape index (κ1) is 11.1. The second kappa shape index (κ2) is 4.33. The molecule has 3 aromatic rings. The number of pyridine rings is 1. The van der Waals surface area contributed by atoms with Crippen LogP contribution in [-0.4, -0.2) is 20.4 Å². The molecule has 0 aliphatic carbocycles. The van der Waals surface area contributed by atoms with Crippen LogP contribution >= 0.6 is 0 Å². The molecule has 2 aromatic heterocycles. The van der Waals surface area contributed by atoms with Gasteiger partial charge in [0.2, 0.25) is 0 Å².